The third-order valence-corrected chi connectivity index (χ3v) is 7.27. The second kappa shape index (κ2) is 10.1. The van der Waals surface area contributed by atoms with Gasteiger partial charge >= 0.3 is 12.1 Å². The number of hydrogen-bond acceptors (Lipinski definition) is 3. The van der Waals surface area contributed by atoms with E-state index in [1.54, 1.807) is 18.2 Å². The standard InChI is InChI=1S/C26H26F5N3O3/c1-16-7-8-18(27)19(20(16)28)22(35)33-12-9-25(10-13-33)11-14-34(15-25)23(36)21(17-5-3-2-4-6-17)32-24(37)26(29,30)31/h2-8,21H,9-15H2,1H3,(H,32,37). The third-order valence-electron chi connectivity index (χ3n) is 7.27. The van der Waals surface area contributed by atoms with E-state index in [1.807, 2.05) is 5.32 Å². The third kappa shape index (κ3) is 5.45. The first-order valence-corrected chi connectivity index (χ1v) is 11.9. The minimum absolute atomic E-state index is 0.161. The lowest BCUT2D eigenvalue weighted by Crippen LogP contribution is -2.48. The van der Waals surface area contributed by atoms with E-state index in [2.05, 4.69) is 0 Å². The summed E-state index contributed by atoms with van der Waals surface area (Å²) >= 11 is 0. The molecule has 37 heavy (non-hydrogen) atoms. The predicted octanol–water partition coefficient (Wildman–Crippen LogP) is 4.15. The summed E-state index contributed by atoms with van der Waals surface area (Å²) in [6.45, 7) is 2.41. The number of aryl methyl sites for hydroxylation is 1. The molecule has 0 aliphatic carbocycles. The van der Waals surface area contributed by atoms with Crippen molar-refractivity contribution in [3.05, 3.63) is 70.8 Å². The molecule has 1 N–H and O–H groups in total. The Morgan fingerprint density at radius 3 is 2.11 bits per heavy atom. The Balaban J connectivity index is 1.45. The molecule has 0 saturated carbocycles. The van der Waals surface area contributed by atoms with Crippen molar-refractivity contribution in [3.63, 3.8) is 0 Å². The SMILES string of the molecule is Cc1ccc(F)c(C(=O)N2CCC3(CC2)CCN(C(=O)C(NC(=O)C(F)(F)F)c2ccccc2)C3)c1F. The average Bonchev–Trinajstić information content (AvgIpc) is 3.28. The van der Waals surface area contributed by atoms with Crippen molar-refractivity contribution in [3.8, 4) is 0 Å². The number of benzene rings is 2. The summed E-state index contributed by atoms with van der Waals surface area (Å²) in [6.07, 6.45) is -3.66. The van der Waals surface area contributed by atoms with E-state index in [9.17, 15) is 36.3 Å². The summed E-state index contributed by atoms with van der Waals surface area (Å²) in [7, 11) is 0. The van der Waals surface area contributed by atoms with Crippen LogP contribution in [0.3, 0.4) is 0 Å². The summed E-state index contributed by atoms with van der Waals surface area (Å²) in [5.41, 5.74) is -0.585. The first-order chi connectivity index (χ1) is 17.4. The van der Waals surface area contributed by atoms with Crippen molar-refractivity contribution in [1.82, 2.24) is 15.1 Å². The Morgan fingerprint density at radius 1 is 0.919 bits per heavy atom. The highest BCUT2D eigenvalue weighted by atomic mass is 19.4. The van der Waals surface area contributed by atoms with Gasteiger partial charge in [0.1, 0.15) is 23.2 Å². The zero-order chi connectivity index (χ0) is 27.0. The number of carbonyl (C=O) groups excluding carboxylic acids is 3. The minimum Gasteiger partial charge on any atom is -0.340 e. The zero-order valence-electron chi connectivity index (χ0n) is 20.1. The predicted molar refractivity (Wildman–Crippen MR) is 123 cm³/mol. The van der Waals surface area contributed by atoms with Gasteiger partial charge in [-0.05, 0) is 48.8 Å². The van der Waals surface area contributed by atoms with Crippen LogP contribution in [0.15, 0.2) is 42.5 Å². The van der Waals surface area contributed by atoms with Gasteiger partial charge in [-0.25, -0.2) is 8.78 Å². The van der Waals surface area contributed by atoms with Gasteiger partial charge < -0.3 is 15.1 Å². The Bertz CT molecular complexity index is 1190. The number of amides is 3. The van der Waals surface area contributed by atoms with Gasteiger partial charge in [0.15, 0.2) is 0 Å². The monoisotopic (exact) mass is 523 g/mol. The summed E-state index contributed by atoms with van der Waals surface area (Å²) in [5, 5.41) is 1.82. The maximum absolute atomic E-state index is 14.5. The number of carbonyl (C=O) groups is 3. The van der Waals surface area contributed by atoms with Gasteiger partial charge in [0.05, 0.1) is 0 Å². The molecule has 2 heterocycles. The van der Waals surface area contributed by atoms with Crippen molar-refractivity contribution in [2.24, 2.45) is 5.41 Å². The summed E-state index contributed by atoms with van der Waals surface area (Å²) in [6, 6.07) is 8.53. The van der Waals surface area contributed by atoms with E-state index < -0.39 is 47.1 Å². The van der Waals surface area contributed by atoms with E-state index in [0.717, 1.165) is 6.07 Å². The average molecular weight is 524 g/mol. The molecule has 1 spiro atoms. The molecule has 2 aliphatic heterocycles. The van der Waals surface area contributed by atoms with Crippen LogP contribution in [0.5, 0.6) is 0 Å². The molecule has 2 aliphatic rings. The lowest BCUT2D eigenvalue weighted by atomic mass is 9.77. The van der Waals surface area contributed by atoms with E-state index >= 15 is 0 Å². The fraction of sp³-hybridized carbons (Fsp3) is 0.423. The highest BCUT2D eigenvalue weighted by Gasteiger charge is 2.46. The van der Waals surface area contributed by atoms with Crippen molar-refractivity contribution >= 4 is 17.7 Å². The largest absolute Gasteiger partial charge is 0.471 e. The first kappa shape index (κ1) is 26.6. The zero-order valence-corrected chi connectivity index (χ0v) is 20.1. The maximum atomic E-state index is 14.5. The lowest BCUT2D eigenvalue weighted by molar-refractivity contribution is -0.175. The van der Waals surface area contributed by atoms with Crippen LogP contribution < -0.4 is 5.32 Å². The highest BCUT2D eigenvalue weighted by Crippen LogP contribution is 2.41. The molecule has 0 aromatic heterocycles. The molecule has 1 atom stereocenters. The Labute approximate surface area is 210 Å². The van der Waals surface area contributed by atoms with Crippen molar-refractivity contribution in [1.29, 1.82) is 0 Å². The molecule has 0 radical (unpaired) electrons. The van der Waals surface area contributed by atoms with Crippen molar-refractivity contribution < 1.29 is 36.3 Å². The minimum atomic E-state index is -5.14. The summed E-state index contributed by atoms with van der Waals surface area (Å²) in [4.78, 5) is 40.6. The Morgan fingerprint density at radius 2 is 1.51 bits per heavy atom. The van der Waals surface area contributed by atoms with Gasteiger partial charge in [-0.15, -0.1) is 0 Å². The van der Waals surface area contributed by atoms with Gasteiger partial charge in [0.25, 0.3) is 5.91 Å². The van der Waals surface area contributed by atoms with Crippen LogP contribution in [0.2, 0.25) is 0 Å². The van der Waals surface area contributed by atoms with Crippen LogP contribution in [0.1, 0.15) is 46.8 Å². The van der Waals surface area contributed by atoms with E-state index in [4.69, 9.17) is 0 Å². The maximum Gasteiger partial charge on any atom is 0.471 e. The number of nitrogens with one attached hydrogen (secondary N) is 1. The van der Waals surface area contributed by atoms with Gasteiger partial charge in [-0.2, -0.15) is 13.2 Å². The smallest absolute Gasteiger partial charge is 0.340 e. The topological polar surface area (TPSA) is 69.7 Å². The van der Waals surface area contributed by atoms with Crippen LogP contribution in [-0.4, -0.2) is 59.9 Å². The Hall–Kier alpha value is -3.50. The lowest BCUT2D eigenvalue weighted by Gasteiger charge is -2.39. The Kier molecular flexibility index (Phi) is 7.25. The van der Waals surface area contributed by atoms with Crippen LogP contribution >= 0.6 is 0 Å². The summed E-state index contributed by atoms with van der Waals surface area (Å²) in [5.74, 6) is -5.41. The van der Waals surface area contributed by atoms with Gasteiger partial charge in [0.2, 0.25) is 5.91 Å². The fourth-order valence-corrected chi connectivity index (χ4v) is 5.05. The molecular weight excluding hydrogens is 497 g/mol. The normalized spacial score (nSPS) is 18.1. The molecule has 2 aromatic carbocycles. The van der Waals surface area contributed by atoms with Gasteiger partial charge in [-0.3, -0.25) is 14.4 Å². The van der Waals surface area contributed by atoms with Crippen molar-refractivity contribution in [2.75, 3.05) is 26.2 Å². The molecule has 2 aromatic rings. The quantitative estimate of drug-likeness (QED) is 0.613. The number of hydrogen-bond donors (Lipinski definition) is 1. The molecule has 4 rings (SSSR count). The van der Waals surface area contributed by atoms with Crippen LogP contribution in [-0.2, 0) is 9.59 Å². The molecule has 6 nitrogen and oxygen atoms in total. The first-order valence-electron chi connectivity index (χ1n) is 11.9. The highest BCUT2D eigenvalue weighted by molar-refractivity contribution is 5.95. The van der Waals surface area contributed by atoms with Gasteiger partial charge in [-0.1, -0.05) is 36.4 Å². The number of piperidine rings is 1. The van der Waals surface area contributed by atoms with E-state index in [1.165, 1.54) is 34.9 Å². The summed E-state index contributed by atoms with van der Waals surface area (Å²) < 4.78 is 67.5. The fourth-order valence-electron chi connectivity index (χ4n) is 5.05. The number of alkyl halides is 3. The molecule has 1 unspecified atom stereocenters. The molecule has 2 saturated heterocycles. The number of rotatable bonds is 4. The molecule has 11 heteroatoms. The number of likely N-dealkylation sites (tertiary alicyclic amines) is 2. The van der Waals surface area contributed by atoms with Crippen LogP contribution in [0.25, 0.3) is 0 Å². The second-order valence-electron chi connectivity index (χ2n) is 9.67. The number of nitrogens with zero attached hydrogens (tertiary/aromatic N) is 2. The van der Waals surface area contributed by atoms with Crippen molar-refractivity contribution in [2.45, 2.75) is 38.4 Å². The molecule has 198 valence electrons. The molecular formula is C26H26F5N3O3. The van der Waals surface area contributed by atoms with E-state index in [0.29, 0.717) is 19.3 Å². The van der Waals surface area contributed by atoms with E-state index in [-0.39, 0.29) is 42.7 Å². The molecule has 2 fully saturated rings. The molecule has 3 amide bonds. The van der Waals surface area contributed by atoms with Crippen LogP contribution in [0.4, 0.5) is 22.0 Å². The number of halogens is 5. The second-order valence-corrected chi connectivity index (χ2v) is 9.67. The van der Waals surface area contributed by atoms with Crippen LogP contribution in [0, 0.1) is 24.0 Å². The van der Waals surface area contributed by atoms with Gasteiger partial charge in [0, 0.05) is 26.2 Å². The molecule has 0 bridgehead atoms.